The van der Waals surface area contributed by atoms with Crippen molar-refractivity contribution in [1.29, 1.82) is 0 Å². The van der Waals surface area contributed by atoms with Gasteiger partial charge in [-0.1, -0.05) is 74.5 Å². The lowest BCUT2D eigenvalue weighted by Crippen LogP contribution is -2.53. The summed E-state index contributed by atoms with van der Waals surface area (Å²) in [4.78, 5) is 50.3. The standard InChI is InChI=1S/C35H42N4O7/c1-22(2)32(34(43)37-23(3)33(42)38-25-14-12-24(20-40)13-15-25)39-31(41)16-18-45-19-17-36-35(44)46-21-30-28-10-6-4-8-26(28)27-9-5-7-11-29(27)30/h4-15,22-23,30,32,40H,16-21H2,1-3H3,(H,36,44)(H,37,43)(H,38,42)(H,39,41)/t23-,32-/m0/s1. The molecule has 0 saturated carbocycles. The van der Waals surface area contributed by atoms with Crippen LogP contribution in [0.25, 0.3) is 11.1 Å². The lowest BCUT2D eigenvalue weighted by Gasteiger charge is -2.24. The first-order valence-electron chi connectivity index (χ1n) is 15.4. The van der Waals surface area contributed by atoms with E-state index in [2.05, 4.69) is 45.5 Å². The first-order chi connectivity index (χ1) is 22.2. The van der Waals surface area contributed by atoms with E-state index < -0.39 is 30.0 Å². The lowest BCUT2D eigenvalue weighted by atomic mass is 9.98. The Balaban J connectivity index is 1.11. The van der Waals surface area contributed by atoms with Gasteiger partial charge in [-0.2, -0.15) is 0 Å². The molecule has 0 fully saturated rings. The SMILES string of the molecule is CC(C)[C@H](NC(=O)CCOCCNC(=O)OCC1c2ccccc2-c2ccccc21)C(=O)N[C@@H](C)C(=O)Nc1ccc(CO)cc1. The van der Waals surface area contributed by atoms with Crippen LogP contribution in [-0.2, 0) is 30.5 Å². The highest BCUT2D eigenvalue weighted by Crippen LogP contribution is 2.44. The number of ether oxygens (including phenoxy) is 2. The van der Waals surface area contributed by atoms with E-state index in [0.29, 0.717) is 11.3 Å². The number of rotatable bonds is 15. The normalized spacial score (nSPS) is 13.2. The molecular weight excluding hydrogens is 588 g/mol. The average Bonchev–Trinajstić information content (AvgIpc) is 3.37. The van der Waals surface area contributed by atoms with Crippen molar-refractivity contribution in [3.63, 3.8) is 0 Å². The minimum absolute atomic E-state index is 0.0152. The number of aliphatic hydroxyl groups is 1. The predicted octanol–water partition coefficient (Wildman–Crippen LogP) is 3.71. The Bertz CT molecular complexity index is 1460. The molecule has 0 heterocycles. The van der Waals surface area contributed by atoms with Crippen molar-refractivity contribution in [2.75, 3.05) is 31.7 Å². The van der Waals surface area contributed by atoms with Crippen LogP contribution in [0.5, 0.6) is 0 Å². The third-order valence-corrected chi connectivity index (χ3v) is 7.75. The molecule has 11 heteroatoms. The van der Waals surface area contributed by atoms with Crippen LogP contribution in [0.15, 0.2) is 72.8 Å². The topological polar surface area (TPSA) is 155 Å². The number of amides is 4. The second kappa shape index (κ2) is 16.5. The minimum Gasteiger partial charge on any atom is -0.449 e. The van der Waals surface area contributed by atoms with Gasteiger partial charge in [-0.05, 0) is 52.8 Å². The average molecular weight is 631 g/mol. The van der Waals surface area contributed by atoms with Gasteiger partial charge < -0.3 is 35.8 Å². The molecule has 4 rings (SSSR count). The van der Waals surface area contributed by atoms with E-state index >= 15 is 0 Å². The van der Waals surface area contributed by atoms with Crippen molar-refractivity contribution in [2.45, 2.75) is 51.8 Å². The molecule has 4 amide bonds. The maximum atomic E-state index is 12.9. The van der Waals surface area contributed by atoms with E-state index in [-0.39, 0.29) is 57.1 Å². The summed E-state index contributed by atoms with van der Waals surface area (Å²) in [6.07, 6.45) is -0.530. The largest absolute Gasteiger partial charge is 0.449 e. The highest BCUT2D eigenvalue weighted by Gasteiger charge is 2.29. The van der Waals surface area contributed by atoms with Gasteiger partial charge in [-0.15, -0.1) is 0 Å². The number of carbonyl (C=O) groups is 4. The molecule has 46 heavy (non-hydrogen) atoms. The summed E-state index contributed by atoms with van der Waals surface area (Å²) in [5.41, 5.74) is 5.83. The molecule has 0 bridgehead atoms. The fourth-order valence-corrected chi connectivity index (χ4v) is 5.23. The van der Waals surface area contributed by atoms with Gasteiger partial charge in [-0.25, -0.2) is 4.79 Å². The predicted molar refractivity (Wildman–Crippen MR) is 174 cm³/mol. The number of hydrogen-bond acceptors (Lipinski definition) is 7. The van der Waals surface area contributed by atoms with E-state index in [1.165, 1.54) is 0 Å². The summed E-state index contributed by atoms with van der Waals surface area (Å²) < 4.78 is 11.0. The van der Waals surface area contributed by atoms with Gasteiger partial charge in [0.2, 0.25) is 17.7 Å². The zero-order chi connectivity index (χ0) is 33.1. The van der Waals surface area contributed by atoms with Crippen LogP contribution in [0.4, 0.5) is 10.5 Å². The van der Waals surface area contributed by atoms with Gasteiger partial charge in [0.25, 0.3) is 0 Å². The molecule has 11 nitrogen and oxygen atoms in total. The van der Waals surface area contributed by atoms with Gasteiger partial charge in [0.1, 0.15) is 18.7 Å². The Hall–Kier alpha value is -4.74. The number of anilines is 1. The van der Waals surface area contributed by atoms with Crippen molar-refractivity contribution in [3.8, 4) is 11.1 Å². The summed E-state index contributed by atoms with van der Waals surface area (Å²) in [5, 5.41) is 19.9. The molecule has 0 spiro atoms. The lowest BCUT2D eigenvalue weighted by molar-refractivity contribution is -0.132. The van der Waals surface area contributed by atoms with Crippen LogP contribution in [0, 0.1) is 5.92 Å². The van der Waals surface area contributed by atoms with Crippen molar-refractivity contribution in [1.82, 2.24) is 16.0 Å². The molecule has 0 unspecified atom stereocenters. The highest BCUT2D eigenvalue weighted by molar-refractivity contribution is 5.98. The highest BCUT2D eigenvalue weighted by atomic mass is 16.5. The van der Waals surface area contributed by atoms with E-state index in [9.17, 15) is 19.2 Å². The number of nitrogens with one attached hydrogen (secondary N) is 4. The smallest absolute Gasteiger partial charge is 0.407 e. The number of hydrogen-bond donors (Lipinski definition) is 5. The van der Waals surface area contributed by atoms with Crippen LogP contribution in [0.2, 0.25) is 0 Å². The van der Waals surface area contributed by atoms with Crippen molar-refractivity contribution < 1.29 is 33.8 Å². The summed E-state index contributed by atoms with van der Waals surface area (Å²) in [6, 6.07) is 21.2. The maximum absolute atomic E-state index is 12.9. The molecule has 3 aromatic carbocycles. The second-order valence-corrected chi connectivity index (χ2v) is 11.5. The summed E-state index contributed by atoms with van der Waals surface area (Å²) in [6.45, 7) is 5.75. The van der Waals surface area contributed by atoms with Crippen LogP contribution >= 0.6 is 0 Å². The molecule has 0 aliphatic heterocycles. The summed E-state index contributed by atoms with van der Waals surface area (Å²) in [5.74, 6) is -1.53. The fourth-order valence-electron chi connectivity index (χ4n) is 5.23. The van der Waals surface area contributed by atoms with E-state index in [0.717, 1.165) is 22.3 Å². The number of aliphatic hydroxyl groups excluding tert-OH is 1. The third-order valence-electron chi connectivity index (χ3n) is 7.75. The quantitative estimate of drug-likeness (QED) is 0.160. The van der Waals surface area contributed by atoms with Crippen molar-refractivity contribution >= 4 is 29.5 Å². The van der Waals surface area contributed by atoms with Crippen LogP contribution in [-0.4, -0.2) is 67.4 Å². The van der Waals surface area contributed by atoms with Gasteiger partial charge in [-0.3, -0.25) is 14.4 Å². The molecular formula is C35H42N4O7. The first-order valence-corrected chi connectivity index (χ1v) is 15.4. The van der Waals surface area contributed by atoms with Gasteiger partial charge in [0, 0.05) is 24.6 Å². The second-order valence-electron chi connectivity index (χ2n) is 11.5. The summed E-state index contributed by atoms with van der Waals surface area (Å²) >= 11 is 0. The monoisotopic (exact) mass is 630 g/mol. The van der Waals surface area contributed by atoms with Crippen molar-refractivity contribution in [3.05, 3.63) is 89.5 Å². The number of fused-ring (bicyclic) bond motifs is 3. The molecule has 244 valence electrons. The molecule has 1 aliphatic carbocycles. The van der Waals surface area contributed by atoms with Crippen LogP contribution < -0.4 is 21.3 Å². The first kappa shape index (κ1) is 34.1. The fraction of sp³-hybridized carbons (Fsp3) is 0.371. The number of carbonyl (C=O) groups excluding carboxylic acids is 4. The molecule has 0 aromatic heterocycles. The number of alkyl carbamates (subject to hydrolysis) is 1. The van der Waals surface area contributed by atoms with E-state index in [1.54, 1.807) is 45.0 Å². The summed E-state index contributed by atoms with van der Waals surface area (Å²) in [7, 11) is 0. The molecule has 5 N–H and O–H groups in total. The molecule has 2 atom stereocenters. The Kier molecular flexibility index (Phi) is 12.3. The van der Waals surface area contributed by atoms with Crippen LogP contribution in [0.3, 0.4) is 0 Å². The Morgan fingerprint density at radius 3 is 2.04 bits per heavy atom. The number of benzene rings is 3. The Morgan fingerprint density at radius 2 is 1.43 bits per heavy atom. The zero-order valence-electron chi connectivity index (χ0n) is 26.4. The van der Waals surface area contributed by atoms with Gasteiger partial charge >= 0.3 is 6.09 Å². The van der Waals surface area contributed by atoms with Crippen molar-refractivity contribution in [2.24, 2.45) is 5.92 Å². The Morgan fingerprint density at radius 1 is 0.804 bits per heavy atom. The van der Waals surface area contributed by atoms with E-state index in [1.807, 2.05) is 24.3 Å². The minimum atomic E-state index is -0.851. The molecule has 3 aromatic rings. The van der Waals surface area contributed by atoms with Gasteiger partial charge in [0.05, 0.1) is 19.8 Å². The Labute approximate surface area is 269 Å². The molecule has 1 aliphatic rings. The zero-order valence-corrected chi connectivity index (χ0v) is 26.4. The molecule has 0 radical (unpaired) electrons. The molecule has 0 saturated heterocycles. The maximum Gasteiger partial charge on any atom is 0.407 e. The van der Waals surface area contributed by atoms with E-state index in [4.69, 9.17) is 14.6 Å². The third kappa shape index (κ3) is 9.15. The van der Waals surface area contributed by atoms with Crippen LogP contribution in [0.1, 0.15) is 49.8 Å². The van der Waals surface area contributed by atoms with Gasteiger partial charge in [0.15, 0.2) is 0 Å².